The van der Waals surface area contributed by atoms with E-state index in [0.717, 1.165) is 0 Å². The Balaban J connectivity index is 2.29. The maximum absolute atomic E-state index is 14.1. The monoisotopic (exact) mass is 538 g/mol. The molecule has 0 aromatic heterocycles. The van der Waals surface area contributed by atoms with E-state index in [1.807, 2.05) is 0 Å². The quantitative estimate of drug-likeness (QED) is 0.454. The van der Waals surface area contributed by atoms with Crippen LogP contribution in [0.2, 0.25) is 0 Å². The second kappa shape index (κ2) is 8.80. The Morgan fingerprint density at radius 1 is 0.714 bits per heavy atom. The number of rotatable bonds is 7. The van der Waals surface area contributed by atoms with Gasteiger partial charge in [-0.25, -0.2) is 0 Å². The lowest BCUT2D eigenvalue weighted by Crippen LogP contribution is -2.72. The number of benzene rings is 1. The minimum Gasteiger partial charge on any atom is -0.495 e. The second-order valence-corrected chi connectivity index (χ2v) is 7.32. The van der Waals surface area contributed by atoms with Gasteiger partial charge in [0, 0.05) is 26.2 Å². The summed E-state index contributed by atoms with van der Waals surface area (Å²) in [5.41, 5.74) is 0.361. The molecule has 0 unspecified atom stereocenters. The molecular formula is C18H15F13N2O2. The maximum atomic E-state index is 14.1. The minimum atomic E-state index is -8.05. The summed E-state index contributed by atoms with van der Waals surface area (Å²) >= 11 is 0. The third-order valence-corrected chi connectivity index (χ3v) is 5.19. The Bertz CT molecular complexity index is 925. The predicted molar refractivity (Wildman–Crippen MR) is 92.6 cm³/mol. The summed E-state index contributed by atoms with van der Waals surface area (Å²) in [4.78, 5) is 13.2. The van der Waals surface area contributed by atoms with Gasteiger partial charge in [0.25, 0.3) is 5.91 Å². The molecule has 200 valence electrons. The van der Waals surface area contributed by atoms with E-state index < -0.39 is 54.8 Å². The van der Waals surface area contributed by atoms with Crippen molar-refractivity contribution in [2.75, 3.05) is 38.2 Å². The number of anilines is 1. The van der Waals surface area contributed by atoms with Gasteiger partial charge in [-0.15, -0.1) is 0 Å². The van der Waals surface area contributed by atoms with Gasteiger partial charge in [-0.2, -0.15) is 57.1 Å². The molecule has 17 heteroatoms. The Morgan fingerprint density at radius 3 is 1.63 bits per heavy atom. The van der Waals surface area contributed by atoms with Crippen molar-refractivity contribution in [2.24, 2.45) is 0 Å². The number of methoxy groups -OCH3 is 1. The van der Waals surface area contributed by atoms with Crippen molar-refractivity contribution in [3.63, 3.8) is 0 Å². The first-order chi connectivity index (χ1) is 15.7. The Labute approximate surface area is 188 Å². The number of carbonyl (C=O) groups excluding carboxylic acids is 1. The number of ether oxygens (including phenoxy) is 1. The lowest BCUT2D eigenvalue weighted by Gasteiger charge is -2.42. The highest BCUT2D eigenvalue weighted by Gasteiger charge is 2.91. The van der Waals surface area contributed by atoms with Gasteiger partial charge in [0.05, 0.1) is 12.8 Å². The highest BCUT2D eigenvalue weighted by atomic mass is 19.4. The van der Waals surface area contributed by atoms with E-state index >= 15 is 0 Å². The molecule has 0 spiro atoms. The predicted octanol–water partition coefficient (Wildman–Crippen LogP) is 5.08. The largest absolute Gasteiger partial charge is 0.495 e. The van der Waals surface area contributed by atoms with Crippen LogP contribution in [0.4, 0.5) is 62.8 Å². The lowest BCUT2D eigenvalue weighted by atomic mass is 9.93. The molecule has 0 atom stereocenters. The third kappa shape index (κ3) is 4.30. The van der Waals surface area contributed by atoms with E-state index in [-0.39, 0.29) is 23.7 Å². The summed E-state index contributed by atoms with van der Waals surface area (Å²) in [7, 11) is 1.28. The van der Waals surface area contributed by atoms with E-state index in [1.54, 1.807) is 6.07 Å². The SMILES string of the molecule is COc1ccccc1N1CCN(C(=O)C(F)(F)C(F)(F)C(F)(F)C(F)(F)C(F)(F)C(F)(F)F)CC1. The molecule has 1 saturated heterocycles. The van der Waals surface area contributed by atoms with Crippen LogP contribution in [0.25, 0.3) is 0 Å². The standard InChI is InChI=1S/C18H15F13N2O2/c1-35-11-5-3-2-4-10(11)32-6-8-33(9-7-32)12(34)13(19,20)14(21,22)15(23,24)16(25,26)17(27,28)18(29,30)31/h2-5H,6-9H2,1H3. The number of nitrogens with zero attached hydrogens (tertiary/aromatic N) is 2. The van der Waals surface area contributed by atoms with Gasteiger partial charge in [0.15, 0.2) is 0 Å². The average Bonchev–Trinajstić information content (AvgIpc) is 2.77. The molecule has 0 bridgehead atoms. The molecule has 1 amide bonds. The fourth-order valence-electron chi connectivity index (χ4n) is 3.14. The summed E-state index contributed by atoms with van der Waals surface area (Å²) < 4.78 is 177. The van der Waals surface area contributed by atoms with Crippen LogP contribution in [0.5, 0.6) is 5.75 Å². The third-order valence-electron chi connectivity index (χ3n) is 5.19. The molecule has 4 nitrogen and oxygen atoms in total. The van der Waals surface area contributed by atoms with Crippen molar-refractivity contribution in [3.05, 3.63) is 24.3 Å². The van der Waals surface area contributed by atoms with Crippen molar-refractivity contribution >= 4 is 11.6 Å². The molecule has 35 heavy (non-hydrogen) atoms. The number of alkyl halides is 13. The number of para-hydroxylation sites is 2. The number of carbonyl (C=O) groups is 1. The topological polar surface area (TPSA) is 32.8 Å². The molecule has 1 aliphatic heterocycles. The normalized spacial score (nSPS) is 17.0. The summed E-state index contributed by atoms with van der Waals surface area (Å²) in [6.07, 6.45) is -7.51. The van der Waals surface area contributed by atoms with Gasteiger partial charge in [-0.1, -0.05) is 12.1 Å². The van der Waals surface area contributed by atoms with Crippen molar-refractivity contribution < 1.29 is 66.6 Å². The highest BCUT2D eigenvalue weighted by molar-refractivity contribution is 5.85. The summed E-state index contributed by atoms with van der Waals surface area (Å²) in [6.45, 7) is -2.43. The van der Waals surface area contributed by atoms with Crippen molar-refractivity contribution in [1.29, 1.82) is 0 Å². The van der Waals surface area contributed by atoms with Crippen LogP contribution in [0.3, 0.4) is 0 Å². The molecule has 1 fully saturated rings. The highest BCUT2D eigenvalue weighted by Crippen LogP contribution is 2.60. The van der Waals surface area contributed by atoms with Gasteiger partial charge in [0.2, 0.25) is 0 Å². The van der Waals surface area contributed by atoms with E-state index in [9.17, 15) is 61.9 Å². The lowest BCUT2D eigenvalue weighted by molar-refractivity contribution is -0.436. The number of piperazine rings is 1. The van der Waals surface area contributed by atoms with Gasteiger partial charge in [-0.05, 0) is 12.1 Å². The first kappa shape index (κ1) is 28.6. The minimum absolute atomic E-state index is 0.129. The molecule has 1 aromatic rings. The number of amides is 1. The molecule has 1 aliphatic rings. The van der Waals surface area contributed by atoms with E-state index in [0.29, 0.717) is 5.69 Å². The zero-order valence-electron chi connectivity index (χ0n) is 17.3. The summed E-state index contributed by atoms with van der Waals surface area (Å²) in [5, 5.41) is 0. The zero-order chi connectivity index (χ0) is 27.3. The number of hydrogen-bond acceptors (Lipinski definition) is 3. The van der Waals surface area contributed by atoms with Crippen molar-refractivity contribution in [2.45, 2.75) is 35.8 Å². The maximum Gasteiger partial charge on any atom is 0.460 e. The fraction of sp³-hybridized carbons (Fsp3) is 0.611. The smallest absolute Gasteiger partial charge is 0.460 e. The molecule has 0 aliphatic carbocycles. The molecular weight excluding hydrogens is 523 g/mol. The van der Waals surface area contributed by atoms with Gasteiger partial charge < -0.3 is 14.5 Å². The Morgan fingerprint density at radius 2 is 1.17 bits per heavy atom. The van der Waals surface area contributed by atoms with Crippen LogP contribution in [-0.2, 0) is 4.79 Å². The molecule has 1 heterocycles. The van der Waals surface area contributed by atoms with Gasteiger partial charge in [0.1, 0.15) is 5.75 Å². The zero-order valence-corrected chi connectivity index (χ0v) is 17.3. The van der Waals surface area contributed by atoms with E-state index in [2.05, 4.69) is 0 Å². The van der Waals surface area contributed by atoms with E-state index in [1.165, 1.54) is 30.2 Å². The number of halogens is 13. The number of hydrogen-bond donors (Lipinski definition) is 0. The van der Waals surface area contributed by atoms with Crippen LogP contribution >= 0.6 is 0 Å². The average molecular weight is 538 g/mol. The summed E-state index contributed by atoms with van der Waals surface area (Å²) in [6, 6.07) is 6.06. The molecule has 1 aromatic carbocycles. The van der Waals surface area contributed by atoms with Gasteiger partial charge >= 0.3 is 35.8 Å². The first-order valence-corrected chi connectivity index (χ1v) is 9.31. The second-order valence-electron chi connectivity index (χ2n) is 7.32. The van der Waals surface area contributed by atoms with Crippen molar-refractivity contribution in [1.82, 2.24) is 4.90 Å². The Hall–Kier alpha value is -2.62. The van der Waals surface area contributed by atoms with E-state index in [4.69, 9.17) is 4.74 Å². The fourth-order valence-corrected chi connectivity index (χ4v) is 3.14. The van der Waals surface area contributed by atoms with Crippen LogP contribution in [-0.4, -0.2) is 79.9 Å². The molecule has 0 radical (unpaired) electrons. The van der Waals surface area contributed by atoms with Crippen LogP contribution < -0.4 is 9.64 Å². The van der Waals surface area contributed by atoms with Crippen LogP contribution in [0, 0.1) is 0 Å². The summed E-state index contributed by atoms with van der Waals surface area (Å²) in [5.74, 6) is -41.2. The van der Waals surface area contributed by atoms with Crippen molar-refractivity contribution in [3.8, 4) is 5.75 Å². The van der Waals surface area contributed by atoms with Crippen LogP contribution in [0.1, 0.15) is 0 Å². The molecule has 2 rings (SSSR count). The van der Waals surface area contributed by atoms with Gasteiger partial charge in [-0.3, -0.25) is 4.79 Å². The molecule has 0 saturated carbocycles. The van der Waals surface area contributed by atoms with Crippen LogP contribution in [0.15, 0.2) is 24.3 Å². The first-order valence-electron chi connectivity index (χ1n) is 9.31. The molecule has 0 N–H and O–H groups in total. The Kier molecular flexibility index (Phi) is 7.19.